The molecule has 0 unspecified atom stereocenters. The van der Waals surface area contributed by atoms with Crippen molar-refractivity contribution in [2.75, 3.05) is 11.9 Å². The molecule has 0 aliphatic heterocycles. The SMILES string of the molecule is CCCNc1ccc(-c2ccc(CC)s2)nn1. The molecule has 2 aromatic heterocycles. The van der Waals surface area contributed by atoms with E-state index in [-0.39, 0.29) is 0 Å². The van der Waals surface area contributed by atoms with Crippen molar-refractivity contribution < 1.29 is 0 Å². The molecule has 0 saturated carbocycles. The Balaban J connectivity index is 2.11. The summed E-state index contributed by atoms with van der Waals surface area (Å²) in [6.45, 7) is 5.23. The molecule has 0 radical (unpaired) electrons. The molecule has 0 aliphatic carbocycles. The highest BCUT2D eigenvalue weighted by Gasteiger charge is 2.04. The molecule has 0 atom stereocenters. The van der Waals surface area contributed by atoms with E-state index in [1.54, 1.807) is 11.3 Å². The van der Waals surface area contributed by atoms with Gasteiger partial charge in [-0.25, -0.2) is 0 Å². The van der Waals surface area contributed by atoms with Crippen LogP contribution in [0.1, 0.15) is 25.1 Å². The van der Waals surface area contributed by atoms with Crippen molar-refractivity contribution in [1.29, 1.82) is 0 Å². The first-order valence-corrected chi connectivity index (χ1v) is 6.81. The maximum Gasteiger partial charge on any atom is 0.148 e. The monoisotopic (exact) mass is 247 g/mol. The molecule has 90 valence electrons. The fourth-order valence-corrected chi connectivity index (χ4v) is 2.43. The van der Waals surface area contributed by atoms with E-state index in [9.17, 15) is 0 Å². The van der Waals surface area contributed by atoms with E-state index < -0.39 is 0 Å². The third-order valence-corrected chi connectivity index (χ3v) is 3.74. The van der Waals surface area contributed by atoms with Crippen LogP contribution in [-0.2, 0) is 6.42 Å². The number of aromatic nitrogens is 2. The molecule has 2 rings (SSSR count). The minimum Gasteiger partial charge on any atom is -0.369 e. The smallest absolute Gasteiger partial charge is 0.148 e. The van der Waals surface area contributed by atoms with Crippen LogP contribution in [0.2, 0.25) is 0 Å². The third kappa shape index (κ3) is 3.03. The zero-order chi connectivity index (χ0) is 12.1. The van der Waals surface area contributed by atoms with E-state index in [1.807, 2.05) is 12.1 Å². The van der Waals surface area contributed by atoms with E-state index in [0.29, 0.717) is 0 Å². The van der Waals surface area contributed by atoms with Gasteiger partial charge in [-0.1, -0.05) is 13.8 Å². The molecule has 1 N–H and O–H groups in total. The van der Waals surface area contributed by atoms with Gasteiger partial charge in [0, 0.05) is 11.4 Å². The van der Waals surface area contributed by atoms with Crippen LogP contribution in [-0.4, -0.2) is 16.7 Å². The fraction of sp³-hybridized carbons (Fsp3) is 0.385. The maximum absolute atomic E-state index is 4.25. The van der Waals surface area contributed by atoms with E-state index >= 15 is 0 Å². The van der Waals surface area contributed by atoms with Gasteiger partial charge in [0.1, 0.15) is 11.5 Å². The van der Waals surface area contributed by atoms with Gasteiger partial charge in [-0.05, 0) is 37.1 Å². The first-order valence-electron chi connectivity index (χ1n) is 6.00. The van der Waals surface area contributed by atoms with Crippen molar-refractivity contribution in [2.24, 2.45) is 0 Å². The van der Waals surface area contributed by atoms with Crippen molar-refractivity contribution in [3.8, 4) is 10.6 Å². The molecular formula is C13H17N3S. The normalized spacial score (nSPS) is 10.5. The van der Waals surface area contributed by atoms with Crippen molar-refractivity contribution in [3.05, 3.63) is 29.1 Å². The highest BCUT2D eigenvalue weighted by Crippen LogP contribution is 2.26. The molecule has 0 bridgehead atoms. The summed E-state index contributed by atoms with van der Waals surface area (Å²) in [5.41, 5.74) is 0.955. The van der Waals surface area contributed by atoms with E-state index in [2.05, 4.69) is 41.5 Å². The predicted molar refractivity (Wildman–Crippen MR) is 73.5 cm³/mol. The van der Waals surface area contributed by atoms with Crippen molar-refractivity contribution in [2.45, 2.75) is 26.7 Å². The lowest BCUT2D eigenvalue weighted by Gasteiger charge is -2.02. The molecule has 2 heterocycles. The Bertz CT molecular complexity index is 462. The van der Waals surface area contributed by atoms with Gasteiger partial charge < -0.3 is 5.32 Å². The summed E-state index contributed by atoms with van der Waals surface area (Å²) in [6, 6.07) is 8.29. The van der Waals surface area contributed by atoms with Crippen LogP contribution < -0.4 is 5.32 Å². The number of aryl methyl sites for hydroxylation is 1. The molecule has 17 heavy (non-hydrogen) atoms. The summed E-state index contributed by atoms with van der Waals surface area (Å²) < 4.78 is 0. The number of hydrogen-bond acceptors (Lipinski definition) is 4. The Morgan fingerprint density at radius 3 is 2.59 bits per heavy atom. The highest BCUT2D eigenvalue weighted by atomic mass is 32.1. The minimum absolute atomic E-state index is 0.850. The number of nitrogens with one attached hydrogen (secondary N) is 1. The molecule has 3 nitrogen and oxygen atoms in total. The lowest BCUT2D eigenvalue weighted by molar-refractivity contribution is 0.946. The fourth-order valence-electron chi connectivity index (χ4n) is 1.52. The van der Waals surface area contributed by atoms with Gasteiger partial charge in [-0.2, -0.15) is 0 Å². The number of thiophene rings is 1. The van der Waals surface area contributed by atoms with Gasteiger partial charge in [0.25, 0.3) is 0 Å². The average molecular weight is 247 g/mol. The van der Waals surface area contributed by atoms with Crippen molar-refractivity contribution in [3.63, 3.8) is 0 Å². The second-order valence-electron chi connectivity index (χ2n) is 3.85. The first-order chi connectivity index (χ1) is 8.33. The van der Waals surface area contributed by atoms with Crippen LogP contribution in [0.15, 0.2) is 24.3 Å². The quantitative estimate of drug-likeness (QED) is 0.877. The molecular weight excluding hydrogens is 230 g/mol. The summed E-state index contributed by atoms with van der Waals surface area (Å²) in [5, 5.41) is 11.6. The molecule has 0 spiro atoms. The summed E-state index contributed by atoms with van der Waals surface area (Å²) in [6.07, 6.45) is 2.17. The second-order valence-corrected chi connectivity index (χ2v) is 5.02. The highest BCUT2D eigenvalue weighted by molar-refractivity contribution is 7.15. The van der Waals surface area contributed by atoms with Crippen LogP contribution >= 0.6 is 11.3 Å². The van der Waals surface area contributed by atoms with Crippen molar-refractivity contribution >= 4 is 17.2 Å². The van der Waals surface area contributed by atoms with Gasteiger partial charge in [-0.3, -0.25) is 0 Å². The average Bonchev–Trinajstić information content (AvgIpc) is 2.86. The molecule has 0 amide bonds. The van der Waals surface area contributed by atoms with Gasteiger partial charge in [0.2, 0.25) is 0 Å². The van der Waals surface area contributed by atoms with Crippen LogP contribution in [0.3, 0.4) is 0 Å². The maximum atomic E-state index is 4.25. The van der Waals surface area contributed by atoms with E-state index in [4.69, 9.17) is 0 Å². The number of nitrogens with zero attached hydrogens (tertiary/aromatic N) is 2. The zero-order valence-corrected chi connectivity index (χ0v) is 11.0. The lowest BCUT2D eigenvalue weighted by atomic mass is 10.3. The van der Waals surface area contributed by atoms with Crippen LogP contribution in [0.25, 0.3) is 10.6 Å². The Labute approximate surface area is 106 Å². The Morgan fingerprint density at radius 1 is 1.12 bits per heavy atom. The summed E-state index contributed by atoms with van der Waals surface area (Å²) in [7, 11) is 0. The summed E-state index contributed by atoms with van der Waals surface area (Å²) in [4.78, 5) is 2.58. The number of rotatable bonds is 5. The Morgan fingerprint density at radius 2 is 2.00 bits per heavy atom. The van der Waals surface area contributed by atoms with E-state index in [0.717, 1.165) is 30.9 Å². The molecule has 0 fully saturated rings. The van der Waals surface area contributed by atoms with Gasteiger partial charge >= 0.3 is 0 Å². The summed E-state index contributed by atoms with van der Waals surface area (Å²) >= 11 is 1.79. The number of anilines is 1. The number of hydrogen-bond donors (Lipinski definition) is 1. The molecule has 0 saturated heterocycles. The predicted octanol–water partition coefficient (Wildman–Crippen LogP) is 3.59. The first kappa shape index (κ1) is 12.0. The zero-order valence-electron chi connectivity index (χ0n) is 10.2. The van der Waals surface area contributed by atoms with Gasteiger partial charge in [0.05, 0.1) is 4.88 Å². The van der Waals surface area contributed by atoms with Crippen molar-refractivity contribution in [1.82, 2.24) is 10.2 Å². The van der Waals surface area contributed by atoms with E-state index in [1.165, 1.54) is 9.75 Å². The van der Waals surface area contributed by atoms with Crippen LogP contribution in [0.4, 0.5) is 5.82 Å². The van der Waals surface area contributed by atoms with Gasteiger partial charge in [0.15, 0.2) is 0 Å². The molecule has 2 aromatic rings. The lowest BCUT2D eigenvalue weighted by Crippen LogP contribution is -2.02. The molecule has 4 heteroatoms. The van der Waals surface area contributed by atoms with Crippen LogP contribution in [0.5, 0.6) is 0 Å². The largest absolute Gasteiger partial charge is 0.369 e. The Kier molecular flexibility index (Phi) is 4.09. The standard InChI is InChI=1S/C13H17N3S/c1-3-9-14-13-8-6-11(15-16-13)12-7-5-10(4-2)17-12/h5-8H,3-4,9H2,1-2H3,(H,14,16). The molecule has 0 aliphatic rings. The topological polar surface area (TPSA) is 37.8 Å². The summed E-state index contributed by atoms with van der Waals surface area (Å²) in [5.74, 6) is 0.850. The third-order valence-electron chi connectivity index (χ3n) is 2.48. The molecule has 0 aromatic carbocycles. The minimum atomic E-state index is 0.850. The second kappa shape index (κ2) is 5.77. The van der Waals surface area contributed by atoms with Gasteiger partial charge in [-0.15, -0.1) is 21.5 Å². The Hall–Kier alpha value is -1.42. The van der Waals surface area contributed by atoms with Crippen LogP contribution in [0, 0.1) is 0 Å².